The lowest BCUT2D eigenvalue weighted by Gasteiger charge is -2.24. The minimum absolute atomic E-state index is 0.0774. The van der Waals surface area contributed by atoms with Crippen LogP contribution in [0.3, 0.4) is 0 Å². The molecule has 35 heavy (non-hydrogen) atoms. The number of nitrogens with one attached hydrogen (secondary N) is 1. The number of nitrogens with zero attached hydrogens (tertiary/aromatic N) is 2. The van der Waals surface area contributed by atoms with Crippen molar-refractivity contribution in [2.75, 3.05) is 13.2 Å². The van der Waals surface area contributed by atoms with Crippen molar-refractivity contribution in [3.63, 3.8) is 0 Å². The largest absolute Gasteiger partial charge is 0.462 e. The summed E-state index contributed by atoms with van der Waals surface area (Å²) in [5.41, 5.74) is 0.122. The summed E-state index contributed by atoms with van der Waals surface area (Å²) in [6.45, 7) is 6.81. The van der Waals surface area contributed by atoms with Gasteiger partial charge in [-0.15, -0.1) is 0 Å². The number of aryl methyl sites for hydroxylation is 1. The van der Waals surface area contributed by atoms with Crippen LogP contribution in [0.2, 0.25) is 0 Å². The molecule has 1 aromatic heterocycles. The number of para-hydroxylation sites is 1. The quantitative estimate of drug-likeness (QED) is 0.336. The van der Waals surface area contributed by atoms with E-state index in [4.69, 9.17) is 23.3 Å². The Morgan fingerprint density at radius 1 is 1.29 bits per heavy atom. The lowest BCUT2D eigenvalue weighted by atomic mass is 10.2. The van der Waals surface area contributed by atoms with Crippen LogP contribution in [0.1, 0.15) is 45.5 Å². The van der Waals surface area contributed by atoms with Crippen molar-refractivity contribution in [3.8, 4) is 5.75 Å². The molecule has 12 heteroatoms. The predicted molar refractivity (Wildman–Crippen MR) is 127 cm³/mol. The van der Waals surface area contributed by atoms with Crippen LogP contribution in [0.25, 0.3) is 0 Å². The Morgan fingerprint density at radius 2 is 2.03 bits per heavy atom. The molecule has 2 heterocycles. The fraction of sp³-hybridized carbons (Fsp3) is 0.522. The zero-order valence-corrected chi connectivity index (χ0v) is 21.2. The number of hydrogen-bond acceptors (Lipinski definition) is 9. The molecule has 1 aromatic carbocycles. The van der Waals surface area contributed by atoms with Gasteiger partial charge in [-0.05, 0) is 45.4 Å². The lowest BCUT2D eigenvalue weighted by molar-refractivity contribution is -0.150. The molecule has 0 amide bonds. The maximum atomic E-state index is 13.6. The van der Waals surface area contributed by atoms with Crippen molar-refractivity contribution in [1.82, 2.24) is 14.6 Å². The van der Waals surface area contributed by atoms with E-state index in [2.05, 4.69) is 10.1 Å². The Hall–Kier alpha value is -2.56. The first-order valence-corrected chi connectivity index (χ1v) is 13.0. The number of hydrogen-bond donors (Lipinski definition) is 1. The second-order valence-electron chi connectivity index (χ2n) is 8.20. The molecule has 192 valence electrons. The van der Waals surface area contributed by atoms with Gasteiger partial charge in [0.05, 0.1) is 12.7 Å². The molecule has 2 aromatic rings. The van der Waals surface area contributed by atoms with Crippen LogP contribution >= 0.6 is 7.75 Å². The smallest absolute Gasteiger partial charge is 0.459 e. The first-order chi connectivity index (χ1) is 16.7. The molecular weight excluding hydrogens is 477 g/mol. The highest BCUT2D eigenvalue weighted by Gasteiger charge is 2.36. The molecule has 0 bridgehead atoms. The summed E-state index contributed by atoms with van der Waals surface area (Å²) in [5, 5.41) is 2.63. The van der Waals surface area contributed by atoms with Crippen molar-refractivity contribution >= 4 is 13.7 Å². The van der Waals surface area contributed by atoms with E-state index in [-0.39, 0.29) is 25.1 Å². The van der Waals surface area contributed by atoms with Crippen molar-refractivity contribution in [1.29, 1.82) is 0 Å². The highest BCUT2D eigenvalue weighted by atomic mass is 31.2. The maximum absolute atomic E-state index is 13.6. The summed E-state index contributed by atoms with van der Waals surface area (Å²) in [5.74, 6) is -0.294. The van der Waals surface area contributed by atoms with Crippen molar-refractivity contribution in [2.24, 2.45) is 0 Å². The van der Waals surface area contributed by atoms with Gasteiger partial charge in [-0.2, -0.15) is 10.1 Å². The van der Waals surface area contributed by atoms with Gasteiger partial charge in [0, 0.05) is 11.9 Å². The molecular formula is C23H32N3O8P. The van der Waals surface area contributed by atoms with Gasteiger partial charge < -0.3 is 18.7 Å². The fourth-order valence-corrected chi connectivity index (χ4v) is 4.80. The summed E-state index contributed by atoms with van der Waals surface area (Å²) in [7, 11) is -4.06. The van der Waals surface area contributed by atoms with Gasteiger partial charge in [0.2, 0.25) is 0 Å². The standard InChI is InChI=1S/C23H32N3O8P/c1-5-9-17(3)32-22(27)18(4)25-35(29,34-19-10-7-6-8-11-19)31-15-21-30-14-20(33-21)26-13-12-16(2)24-23(26)28/h6-8,10-13,17-18,20-21H,5,9,14-15H2,1-4H3,(H,25,29)/t17-,18-,20-,21-,35-/m0/s1. The maximum Gasteiger partial charge on any atom is 0.459 e. The second-order valence-corrected chi connectivity index (χ2v) is 9.89. The monoisotopic (exact) mass is 509 g/mol. The van der Waals surface area contributed by atoms with E-state index in [9.17, 15) is 14.2 Å². The van der Waals surface area contributed by atoms with E-state index >= 15 is 0 Å². The van der Waals surface area contributed by atoms with Gasteiger partial charge >= 0.3 is 19.4 Å². The Morgan fingerprint density at radius 3 is 2.71 bits per heavy atom. The third-order valence-electron chi connectivity index (χ3n) is 5.08. The molecule has 0 aliphatic carbocycles. The molecule has 1 saturated heterocycles. The topological polar surface area (TPSA) is 127 Å². The Balaban J connectivity index is 1.65. The second kappa shape index (κ2) is 12.4. The minimum Gasteiger partial charge on any atom is -0.462 e. The molecule has 1 fully saturated rings. The number of carbonyl (C=O) groups is 1. The Kier molecular flexibility index (Phi) is 9.59. The van der Waals surface area contributed by atoms with Gasteiger partial charge in [0.25, 0.3) is 0 Å². The zero-order chi connectivity index (χ0) is 25.4. The summed E-state index contributed by atoms with van der Waals surface area (Å²) >= 11 is 0. The zero-order valence-electron chi connectivity index (χ0n) is 20.3. The van der Waals surface area contributed by atoms with Gasteiger partial charge in [-0.1, -0.05) is 31.5 Å². The van der Waals surface area contributed by atoms with Crippen LogP contribution in [-0.4, -0.2) is 47.2 Å². The molecule has 0 spiro atoms. The van der Waals surface area contributed by atoms with Crippen LogP contribution in [-0.2, 0) is 28.1 Å². The van der Waals surface area contributed by atoms with E-state index < -0.39 is 38.0 Å². The fourth-order valence-electron chi connectivity index (χ4n) is 3.32. The SMILES string of the molecule is CCC[C@H](C)OC(=O)[C@H](C)N[P@](=O)(OC[C@H]1OC[C@@H](n2ccc(C)nc2=O)O1)Oc1ccccc1. The molecule has 3 rings (SSSR count). The number of benzene rings is 1. The lowest BCUT2D eigenvalue weighted by Crippen LogP contribution is -2.37. The average Bonchev–Trinajstić information content (AvgIpc) is 3.27. The molecule has 0 unspecified atom stereocenters. The predicted octanol–water partition coefficient (Wildman–Crippen LogP) is 3.34. The number of ether oxygens (including phenoxy) is 3. The normalized spacial score (nSPS) is 21.1. The molecule has 1 N–H and O–H groups in total. The van der Waals surface area contributed by atoms with E-state index in [1.165, 1.54) is 11.5 Å². The number of carbonyl (C=O) groups excluding carboxylic acids is 1. The van der Waals surface area contributed by atoms with Crippen molar-refractivity contribution in [2.45, 2.75) is 65.2 Å². The van der Waals surface area contributed by atoms with E-state index in [1.54, 1.807) is 56.4 Å². The third kappa shape index (κ3) is 7.98. The van der Waals surface area contributed by atoms with Crippen LogP contribution in [0, 0.1) is 6.92 Å². The van der Waals surface area contributed by atoms with Crippen molar-refractivity contribution in [3.05, 3.63) is 58.8 Å². The average molecular weight is 509 g/mol. The molecule has 0 radical (unpaired) electrons. The van der Waals surface area contributed by atoms with Gasteiger partial charge in [-0.3, -0.25) is 13.9 Å². The number of rotatable bonds is 12. The van der Waals surface area contributed by atoms with Gasteiger partial charge in [0.1, 0.15) is 18.4 Å². The van der Waals surface area contributed by atoms with Crippen LogP contribution in [0.5, 0.6) is 5.75 Å². The van der Waals surface area contributed by atoms with Crippen molar-refractivity contribution < 1.29 is 32.6 Å². The molecule has 1 aliphatic rings. The minimum atomic E-state index is -4.06. The Labute approximate surface area is 204 Å². The van der Waals surface area contributed by atoms with E-state index in [0.29, 0.717) is 12.1 Å². The Bertz CT molecular complexity index is 1080. The van der Waals surface area contributed by atoms with Crippen LogP contribution < -0.4 is 15.3 Å². The summed E-state index contributed by atoms with van der Waals surface area (Å²) in [6, 6.07) is 9.14. The molecule has 0 saturated carbocycles. The first-order valence-electron chi connectivity index (χ1n) is 11.5. The van der Waals surface area contributed by atoms with E-state index in [0.717, 1.165) is 6.42 Å². The molecule has 11 nitrogen and oxygen atoms in total. The van der Waals surface area contributed by atoms with Crippen LogP contribution in [0.15, 0.2) is 47.4 Å². The van der Waals surface area contributed by atoms with E-state index in [1.807, 2.05) is 6.92 Å². The highest BCUT2D eigenvalue weighted by Crippen LogP contribution is 2.45. The highest BCUT2D eigenvalue weighted by molar-refractivity contribution is 7.52. The molecule has 1 aliphatic heterocycles. The summed E-state index contributed by atoms with van der Waals surface area (Å²) in [4.78, 5) is 28.5. The van der Waals surface area contributed by atoms with Crippen LogP contribution in [0.4, 0.5) is 0 Å². The third-order valence-corrected chi connectivity index (χ3v) is 6.72. The molecule has 5 atom stereocenters. The number of aromatic nitrogens is 2. The first kappa shape index (κ1) is 27.0. The van der Waals surface area contributed by atoms with Gasteiger partial charge in [0.15, 0.2) is 12.5 Å². The summed E-state index contributed by atoms with van der Waals surface area (Å²) < 4.78 is 42.7. The number of esters is 1. The summed E-state index contributed by atoms with van der Waals surface area (Å²) in [6.07, 6.45) is 1.24. The van der Waals surface area contributed by atoms with Gasteiger partial charge in [-0.25, -0.2) is 9.36 Å².